The van der Waals surface area contributed by atoms with E-state index in [2.05, 4.69) is 25.5 Å². The van der Waals surface area contributed by atoms with E-state index >= 15 is 0 Å². The number of carbonyl (C=O) groups excluding carboxylic acids is 5. The van der Waals surface area contributed by atoms with Crippen LogP contribution in [0.25, 0.3) is 0 Å². The summed E-state index contributed by atoms with van der Waals surface area (Å²) in [5.41, 5.74) is 3.60. The number of benzene rings is 2. The molecule has 2 aromatic carbocycles. The van der Waals surface area contributed by atoms with Crippen LogP contribution in [0.2, 0.25) is 0 Å². The Kier molecular flexibility index (Phi) is 11.5. The average molecular weight is 737 g/mol. The van der Waals surface area contributed by atoms with Crippen molar-refractivity contribution in [1.82, 2.24) is 14.6 Å². The topological polar surface area (TPSA) is 246 Å². The van der Waals surface area contributed by atoms with Gasteiger partial charge in [-0.2, -0.15) is 8.42 Å². The Hall–Kier alpha value is -5.11. The average Bonchev–Trinajstić information content (AvgIpc) is 3.51. The zero-order valence-electron chi connectivity index (χ0n) is 25.6. The van der Waals surface area contributed by atoms with Crippen molar-refractivity contribution in [3.05, 3.63) is 82.9 Å². The Labute approximate surface area is 288 Å². The van der Waals surface area contributed by atoms with Gasteiger partial charge in [-0.05, 0) is 25.0 Å². The van der Waals surface area contributed by atoms with E-state index in [1.54, 1.807) is 60.7 Å². The van der Waals surface area contributed by atoms with Crippen LogP contribution in [0.4, 0.5) is 9.93 Å². The van der Waals surface area contributed by atoms with Crippen LogP contribution in [0, 0.1) is 0 Å². The second-order valence-corrected chi connectivity index (χ2v) is 13.0. The minimum absolute atomic E-state index is 0.00149. The van der Waals surface area contributed by atoms with E-state index in [0.717, 1.165) is 11.3 Å². The summed E-state index contributed by atoms with van der Waals surface area (Å²) in [4.78, 5) is 72.3. The number of hydrogen-bond donors (Lipinski definition) is 4. The number of oxime groups is 1. The van der Waals surface area contributed by atoms with Gasteiger partial charge in [-0.25, -0.2) is 18.9 Å². The summed E-state index contributed by atoms with van der Waals surface area (Å²) < 4.78 is 43.4. The number of hydrogen-bond acceptors (Lipinski definition) is 13. The molecular weight excluding hydrogens is 708 g/mol. The van der Waals surface area contributed by atoms with Crippen LogP contribution in [0.5, 0.6) is 0 Å². The van der Waals surface area contributed by atoms with Crippen LogP contribution in [-0.4, -0.2) is 87.9 Å². The molecule has 2 heterocycles. The summed E-state index contributed by atoms with van der Waals surface area (Å²) in [5.74, 6) is -4.35. The van der Waals surface area contributed by atoms with Crippen LogP contribution in [-0.2, 0) is 43.8 Å². The van der Waals surface area contributed by atoms with E-state index in [0.29, 0.717) is 11.1 Å². The van der Waals surface area contributed by atoms with Crippen LogP contribution in [0.15, 0.2) is 71.2 Å². The molecule has 0 spiro atoms. The zero-order chi connectivity index (χ0) is 35.9. The van der Waals surface area contributed by atoms with Gasteiger partial charge in [0.15, 0.2) is 16.9 Å². The number of nitrogens with zero attached hydrogens (tertiary/aromatic N) is 3. The number of esters is 1. The quantitative estimate of drug-likeness (QED) is 0.0462. The first kappa shape index (κ1) is 36.7. The number of aromatic nitrogens is 1. The number of rotatable bonds is 14. The van der Waals surface area contributed by atoms with Gasteiger partial charge in [0.1, 0.15) is 30.3 Å². The molecule has 3 aromatic rings. The number of amides is 4. The van der Waals surface area contributed by atoms with Gasteiger partial charge in [0.2, 0.25) is 11.5 Å². The second-order valence-electron chi connectivity index (χ2n) is 10.6. The summed E-state index contributed by atoms with van der Waals surface area (Å²) in [6, 6.07) is 14.6. The maximum absolute atomic E-state index is 13.6. The normalized spacial score (nSPS) is 16.4. The van der Waals surface area contributed by atoms with Crippen molar-refractivity contribution in [2.24, 2.45) is 10.9 Å². The van der Waals surface area contributed by atoms with Gasteiger partial charge >= 0.3 is 22.4 Å². The molecule has 0 aliphatic carbocycles. The number of ether oxygens (including phenoxy) is 2. The first-order chi connectivity index (χ1) is 23.1. The third-order valence-corrected chi connectivity index (χ3v) is 8.66. The molecule has 17 nitrogen and oxygen atoms in total. The fourth-order valence-electron chi connectivity index (χ4n) is 4.33. The molecule has 0 radical (unpaired) electrons. The fourth-order valence-corrected chi connectivity index (χ4v) is 5.97. The fraction of sp³-hybridized carbons (Fsp3) is 0.276. The minimum Gasteiger partial charge on any atom is -0.450 e. The van der Waals surface area contributed by atoms with E-state index in [4.69, 9.17) is 26.9 Å². The molecule has 1 aliphatic rings. The monoisotopic (exact) mass is 736 g/mol. The molecule has 0 unspecified atom stereocenters. The third kappa shape index (κ3) is 9.08. The molecule has 0 bridgehead atoms. The molecule has 4 rings (SSSR count). The highest BCUT2D eigenvalue weighted by Crippen LogP contribution is 2.29. The Bertz CT molecular complexity index is 1820. The maximum Gasteiger partial charge on any atom is 0.404 e. The van der Waals surface area contributed by atoms with E-state index in [1.807, 2.05) is 0 Å². The smallest absolute Gasteiger partial charge is 0.404 e. The minimum atomic E-state index is -5.12. The standard InChI is InChI=1S/C29H29ClN6O11S2/c1-29(2,26(40)46-23(16-9-5-3-6-10-16)17-11-7-4-8-12-17)47-35-21(18-15-48-28(32-18)33-20(37)13-30)24(38)34-22-19(14-45-27(31)41)36(25(22)39)49(42,43)44/h3-12,15,19,22-23H,13-14H2,1-2H3,(H2,31,41)(H,34,38)(H,32,33,37)(H,42,43,44)/t19-,22+/m0/s1. The van der Waals surface area contributed by atoms with Crippen molar-refractivity contribution in [2.45, 2.75) is 37.6 Å². The van der Waals surface area contributed by atoms with E-state index in [9.17, 15) is 36.9 Å². The first-order valence-corrected chi connectivity index (χ1v) is 16.9. The number of primary amides is 1. The summed E-state index contributed by atoms with van der Waals surface area (Å²) >= 11 is 6.41. The molecule has 5 N–H and O–H groups in total. The third-order valence-electron chi connectivity index (χ3n) is 6.72. The zero-order valence-corrected chi connectivity index (χ0v) is 28.0. The molecule has 1 aliphatic heterocycles. The van der Waals surface area contributed by atoms with Crippen LogP contribution in [0.1, 0.15) is 36.8 Å². The predicted molar refractivity (Wildman–Crippen MR) is 174 cm³/mol. The van der Waals surface area contributed by atoms with Gasteiger partial charge in [0.25, 0.3) is 11.8 Å². The molecule has 1 fully saturated rings. The number of thiazole rings is 1. The van der Waals surface area contributed by atoms with Crippen LogP contribution >= 0.6 is 22.9 Å². The van der Waals surface area contributed by atoms with Crippen molar-refractivity contribution >= 4 is 73.9 Å². The first-order valence-electron chi connectivity index (χ1n) is 14.0. The lowest BCUT2D eigenvalue weighted by Gasteiger charge is -2.43. The number of anilines is 1. The number of nitrogens with two attached hydrogens (primary N) is 1. The lowest BCUT2D eigenvalue weighted by Crippen LogP contribution is -2.73. The molecule has 260 valence electrons. The van der Waals surface area contributed by atoms with Gasteiger partial charge in [0.05, 0.1) is 0 Å². The lowest BCUT2D eigenvalue weighted by atomic mass is 9.99. The highest BCUT2D eigenvalue weighted by atomic mass is 35.5. The van der Waals surface area contributed by atoms with Gasteiger partial charge in [0, 0.05) is 5.38 Å². The van der Waals surface area contributed by atoms with Gasteiger partial charge in [-0.1, -0.05) is 65.8 Å². The van der Waals surface area contributed by atoms with Crippen molar-refractivity contribution in [3.8, 4) is 0 Å². The number of halogens is 1. The molecule has 0 saturated carbocycles. The van der Waals surface area contributed by atoms with E-state index < -0.39 is 82.1 Å². The highest BCUT2D eigenvalue weighted by Gasteiger charge is 2.55. The van der Waals surface area contributed by atoms with Gasteiger partial charge in [-0.15, -0.1) is 22.9 Å². The van der Waals surface area contributed by atoms with Crippen molar-refractivity contribution < 1.29 is 51.3 Å². The summed E-state index contributed by atoms with van der Waals surface area (Å²) in [6.07, 6.45) is -2.16. The highest BCUT2D eigenvalue weighted by molar-refractivity contribution is 7.84. The molecule has 4 amide bonds. The summed E-state index contributed by atoms with van der Waals surface area (Å²) in [5, 5.41) is 9.78. The molecule has 2 atom stereocenters. The molecule has 1 saturated heterocycles. The van der Waals surface area contributed by atoms with Crippen LogP contribution in [0.3, 0.4) is 0 Å². The molecular formula is C29H29ClN6O11S2. The van der Waals surface area contributed by atoms with Crippen molar-refractivity contribution in [1.29, 1.82) is 0 Å². The summed E-state index contributed by atoms with van der Waals surface area (Å²) in [7, 11) is -5.12. The largest absolute Gasteiger partial charge is 0.450 e. The predicted octanol–water partition coefficient (Wildman–Crippen LogP) is 1.75. The molecule has 20 heteroatoms. The van der Waals surface area contributed by atoms with E-state index in [-0.39, 0.29) is 15.1 Å². The Morgan fingerprint density at radius 2 is 1.69 bits per heavy atom. The van der Waals surface area contributed by atoms with Crippen molar-refractivity contribution in [3.63, 3.8) is 0 Å². The number of carbonyl (C=O) groups is 5. The van der Waals surface area contributed by atoms with E-state index in [1.165, 1.54) is 19.2 Å². The summed E-state index contributed by atoms with van der Waals surface area (Å²) in [6.45, 7) is 1.83. The molecule has 1 aromatic heterocycles. The Morgan fingerprint density at radius 3 is 2.22 bits per heavy atom. The number of alkyl halides is 1. The van der Waals surface area contributed by atoms with Gasteiger partial charge < -0.3 is 30.7 Å². The maximum atomic E-state index is 13.6. The van der Waals surface area contributed by atoms with Crippen LogP contribution < -0.4 is 16.4 Å². The SMILES string of the molecule is CC(C)(ON=C(C(=O)N[C@H]1C(=O)N(S(=O)(=O)O)[C@H]1COC(N)=O)c1csc(NC(=O)CCl)n1)C(=O)OC(c1ccccc1)c1ccccc1. The lowest BCUT2D eigenvalue weighted by molar-refractivity contribution is -0.172. The number of nitrogens with one attached hydrogen (secondary N) is 2. The Morgan fingerprint density at radius 1 is 1.10 bits per heavy atom. The van der Waals surface area contributed by atoms with Gasteiger partial charge in [-0.3, -0.25) is 18.9 Å². The Balaban J connectivity index is 1.62. The molecule has 49 heavy (non-hydrogen) atoms. The second kappa shape index (κ2) is 15.4. The number of β-lactam (4-membered cyclic amide) rings is 1. The van der Waals surface area contributed by atoms with Crippen molar-refractivity contribution in [2.75, 3.05) is 17.8 Å².